The monoisotopic (exact) mass is 460 g/mol. The summed E-state index contributed by atoms with van der Waals surface area (Å²) in [4.78, 5) is 31.6. The van der Waals surface area contributed by atoms with Crippen molar-refractivity contribution in [3.05, 3.63) is 101 Å². The van der Waals surface area contributed by atoms with E-state index in [4.69, 9.17) is 4.74 Å². The summed E-state index contributed by atoms with van der Waals surface area (Å²) in [6, 6.07) is 13.3. The second-order valence-corrected chi connectivity index (χ2v) is 8.48. The predicted octanol–water partition coefficient (Wildman–Crippen LogP) is 4.94. The molecule has 2 heterocycles. The summed E-state index contributed by atoms with van der Waals surface area (Å²) in [5, 5.41) is 11.2. The number of hydrogen-bond donors (Lipinski definition) is 1. The van der Waals surface area contributed by atoms with Gasteiger partial charge in [-0.15, -0.1) is 0 Å². The van der Waals surface area contributed by atoms with Crippen LogP contribution in [0.15, 0.2) is 72.6 Å². The average Bonchev–Trinajstić information content (AvgIpc) is 3.06. The normalized spacial score (nSPS) is 17.4. The highest BCUT2D eigenvalue weighted by molar-refractivity contribution is 6.46. The van der Waals surface area contributed by atoms with Crippen molar-refractivity contribution in [1.82, 2.24) is 9.88 Å². The number of rotatable bonds is 6. The van der Waals surface area contributed by atoms with E-state index in [9.17, 15) is 19.1 Å². The number of hydrogen-bond acceptors (Lipinski definition) is 5. The quantitative estimate of drug-likeness (QED) is 0.320. The Morgan fingerprint density at radius 2 is 1.76 bits per heavy atom. The van der Waals surface area contributed by atoms with E-state index < -0.39 is 23.5 Å². The van der Waals surface area contributed by atoms with Crippen LogP contribution in [0.2, 0.25) is 0 Å². The number of aromatic nitrogens is 1. The minimum atomic E-state index is -0.874. The topological polar surface area (TPSA) is 79.7 Å². The molecule has 1 aliphatic heterocycles. The summed E-state index contributed by atoms with van der Waals surface area (Å²) in [5.74, 6) is -1.58. The molecule has 174 valence electrons. The zero-order valence-electron chi connectivity index (χ0n) is 19.2. The first-order valence-corrected chi connectivity index (χ1v) is 11.0. The Kier molecular flexibility index (Phi) is 6.45. The molecule has 0 aliphatic carbocycles. The number of carbonyl (C=O) groups is 2. The second-order valence-electron chi connectivity index (χ2n) is 8.48. The Hall–Kier alpha value is -4.00. The first-order valence-electron chi connectivity index (χ1n) is 11.0. The fourth-order valence-corrected chi connectivity index (χ4v) is 4.06. The van der Waals surface area contributed by atoms with Gasteiger partial charge in [0.2, 0.25) is 0 Å². The zero-order valence-corrected chi connectivity index (χ0v) is 19.2. The van der Waals surface area contributed by atoms with Crippen LogP contribution in [0.25, 0.3) is 5.76 Å². The molecule has 1 amide bonds. The lowest BCUT2D eigenvalue weighted by atomic mass is 9.94. The van der Waals surface area contributed by atoms with E-state index in [-0.39, 0.29) is 24.0 Å². The number of aryl methyl sites for hydroxylation is 1. The van der Waals surface area contributed by atoms with E-state index in [1.165, 1.54) is 29.2 Å². The van der Waals surface area contributed by atoms with E-state index in [2.05, 4.69) is 4.98 Å². The number of likely N-dealkylation sites (tertiary alicyclic amines) is 1. The van der Waals surface area contributed by atoms with Gasteiger partial charge in [-0.25, -0.2) is 4.39 Å². The molecule has 0 radical (unpaired) electrons. The number of aliphatic hydroxyl groups is 1. The number of nitrogens with zero attached hydrogens (tertiary/aromatic N) is 2. The van der Waals surface area contributed by atoms with E-state index >= 15 is 0 Å². The Morgan fingerprint density at radius 3 is 2.38 bits per heavy atom. The van der Waals surface area contributed by atoms with Crippen molar-refractivity contribution >= 4 is 17.4 Å². The van der Waals surface area contributed by atoms with Crippen LogP contribution < -0.4 is 4.74 Å². The van der Waals surface area contributed by atoms with Crippen LogP contribution in [-0.4, -0.2) is 32.8 Å². The first kappa shape index (κ1) is 23.2. The summed E-state index contributed by atoms with van der Waals surface area (Å²) in [5.41, 5.74) is 2.43. The highest BCUT2D eigenvalue weighted by Crippen LogP contribution is 2.40. The Labute approximate surface area is 197 Å². The largest absolute Gasteiger partial charge is 0.507 e. The van der Waals surface area contributed by atoms with Crippen LogP contribution in [0.1, 0.15) is 42.1 Å². The van der Waals surface area contributed by atoms with Crippen molar-refractivity contribution in [2.75, 3.05) is 0 Å². The standard InChI is InChI=1S/C27H25FN2O4/c1-16(2)34-22-9-6-20(14-17(22)3)25(31)23-24(19-4-7-21(28)8-5-19)30(27(33)26(23)32)15-18-10-12-29-13-11-18/h4-14,16,24,31H,15H2,1-3H3/b25-23-. The molecule has 0 bridgehead atoms. The molecular weight excluding hydrogens is 435 g/mol. The molecule has 6 nitrogen and oxygen atoms in total. The maximum Gasteiger partial charge on any atom is 0.295 e. The smallest absolute Gasteiger partial charge is 0.295 e. The Balaban J connectivity index is 1.82. The number of ether oxygens (including phenoxy) is 1. The van der Waals surface area contributed by atoms with Crippen LogP contribution in [-0.2, 0) is 16.1 Å². The van der Waals surface area contributed by atoms with Gasteiger partial charge in [0.1, 0.15) is 17.3 Å². The lowest BCUT2D eigenvalue weighted by Crippen LogP contribution is -2.29. The first-order chi connectivity index (χ1) is 16.3. The average molecular weight is 461 g/mol. The Bertz CT molecular complexity index is 1250. The van der Waals surface area contributed by atoms with Crippen LogP contribution in [0.4, 0.5) is 4.39 Å². The van der Waals surface area contributed by atoms with Gasteiger partial charge in [0.25, 0.3) is 11.7 Å². The van der Waals surface area contributed by atoms with Gasteiger partial charge in [0.05, 0.1) is 17.7 Å². The fourth-order valence-electron chi connectivity index (χ4n) is 4.06. The molecule has 1 atom stereocenters. The predicted molar refractivity (Wildman–Crippen MR) is 125 cm³/mol. The molecule has 4 rings (SSSR count). The molecule has 1 aromatic heterocycles. The number of amides is 1. The lowest BCUT2D eigenvalue weighted by Gasteiger charge is -2.25. The van der Waals surface area contributed by atoms with Gasteiger partial charge in [-0.05, 0) is 79.9 Å². The lowest BCUT2D eigenvalue weighted by molar-refractivity contribution is -0.140. The number of carbonyl (C=O) groups excluding carboxylic acids is 2. The summed E-state index contributed by atoms with van der Waals surface area (Å²) in [7, 11) is 0. The molecule has 1 fully saturated rings. The molecule has 1 aliphatic rings. The third kappa shape index (κ3) is 4.55. The molecule has 1 N–H and O–H groups in total. The zero-order chi connectivity index (χ0) is 24.4. The maximum atomic E-state index is 13.6. The van der Waals surface area contributed by atoms with Crippen molar-refractivity contribution in [2.24, 2.45) is 0 Å². The number of Topliss-reactive ketones (excluding diaryl/α,β-unsaturated/α-hetero) is 1. The molecule has 0 spiro atoms. The van der Waals surface area contributed by atoms with Gasteiger partial charge in [-0.3, -0.25) is 14.6 Å². The van der Waals surface area contributed by atoms with Gasteiger partial charge in [0, 0.05) is 24.5 Å². The molecule has 7 heteroatoms. The maximum absolute atomic E-state index is 13.6. The molecule has 0 saturated carbocycles. The highest BCUT2D eigenvalue weighted by Gasteiger charge is 2.46. The molecule has 1 unspecified atom stereocenters. The molecular formula is C27H25FN2O4. The van der Waals surface area contributed by atoms with Crippen LogP contribution in [0.5, 0.6) is 5.75 Å². The van der Waals surface area contributed by atoms with Crippen molar-refractivity contribution in [1.29, 1.82) is 0 Å². The van der Waals surface area contributed by atoms with Crippen molar-refractivity contribution in [2.45, 2.75) is 39.5 Å². The van der Waals surface area contributed by atoms with Gasteiger partial charge in [0.15, 0.2) is 0 Å². The van der Waals surface area contributed by atoms with Crippen LogP contribution >= 0.6 is 0 Å². The van der Waals surface area contributed by atoms with Gasteiger partial charge >= 0.3 is 0 Å². The highest BCUT2D eigenvalue weighted by atomic mass is 19.1. The second kappa shape index (κ2) is 9.47. The SMILES string of the molecule is Cc1cc(/C(O)=C2/C(=O)C(=O)N(Cc3ccncc3)C2c2ccc(F)cc2)ccc1OC(C)C. The summed E-state index contributed by atoms with van der Waals surface area (Å²) < 4.78 is 19.4. The van der Waals surface area contributed by atoms with E-state index in [0.717, 1.165) is 11.1 Å². The summed E-state index contributed by atoms with van der Waals surface area (Å²) in [6.45, 7) is 5.81. The molecule has 2 aromatic carbocycles. The summed E-state index contributed by atoms with van der Waals surface area (Å²) in [6.07, 6.45) is 3.18. The summed E-state index contributed by atoms with van der Waals surface area (Å²) >= 11 is 0. The van der Waals surface area contributed by atoms with E-state index in [1.54, 1.807) is 42.7 Å². The fraction of sp³-hybridized carbons (Fsp3) is 0.222. The third-order valence-corrected chi connectivity index (χ3v) is 5.64. The number of ketones is 1. The van der Waals surface area contributed by atoms with Crippen LogP contribution in [0.3, 0.4) is 0 Å². The third-order valence-electron chi connectivity index (χ3n) is 5.64. The van der Waals surface area contributed by atoms with E-state index in [0.29, 0.717) is 16.9 Å². The molecule has 3 aromatic rings. The van der Waals surface area contributed by atoms with Crippen LogP contribution in [0, 0.1) is 12.7 Å². The molecule has 1 saturated heterocycles. The van der Waals surface area contributed by atoms with Gasteiger partial charge < -0.3 is 14.7 Å². The van der Waals surface area contributed by atoms with Crippen molar-refractivity contribution < 1.29 is 23.8 Å². The van der Waals surface area contributed by atoms with Gasteiger partial charge in [-0.1, -0.05) is 12.1 Å². The number of aliphatic hydroxyl groups excluding tert-OH is 1. The minimum Gasteiger partial charge on any atom is -0.507 e. The van der Waals surface area contributed by atoms with Crippen molar-refractivity contribution in [3.63, 3.8) is 0 Å². The number of halogens is 1. The van der Waals surface area contributed by atoms with Gasteiger partial charge in [-0.2, -0.15) is 0 Å². The van der Waals surface area contributed by atoms with Crippen molar-refractivity contribution in [3.8, 4) is 5.75 Å². The molecule has 34 heavy (non-hydrogen) atoms. The number of pyridine rings is 1. The minimum absolute atomic E-state index is 0.0184. The number of benzene rings is 2. The van der Waals surface area contributed by atoms with E-state index in [1.807, 2.05) is 20.8 Å². The Morgan fingerprint density at radius 1 is 1.09 bits per heavy atom.